The van der Waals surface area contributed by atoms with Crippen LogP contribution in [0.1, 0.15) is 5.56 Å². The number of nitrogen functional groups attached to an aromatic ring is 1. The normalized spacial score (nSPS) is 11.0. The highest BCUT2D eigenvalue weighted by atomic mass is 15.3. The Bertz CT molecular complexity index is 956. The molecule has 0 aliphatic heterocycles. The van der Waals surface area contributed by atoms with Gasteiger partial charge in [0.25, 0.3) is 0 Å². The maximum Gasteiger partial charge on any atom is 0.181 e. The topological polar surface area (TPSA) is 97.4 Å². The van der Waals surface area contributed by atoms with E-state index in [2.05, 4.69) is 37.5 Å². The number of para-hydroxylation sites is 1. The Morgan fingerprint density at radius 1 is 1.17 bits per heavy atom. The van der Waals surface area contributed by atoms with Gasteiger partial charge in [-0.05, 0) is 24.1 Å². The number of aromatic amines is 1. The first kappa shape index (κ1) is 14.3. The van der Waals surface area contributed by atoms with Gasteiger partial charge in [-0.1, -0.05) is 18.2 Å². The van der Waals surface area contributed by atoms with E-state index in [9.17, 15) is 0 Å². The van der Waals surface area contributed by atoms with Gasteiger partial charge in [-0.3, -0.25) is 0 Å². The van der Waals surface area contributed by atoms with Gasteiger partial charge in [-0.2, -0.15) is 5.10 Å². The van der Waals surface area contributed by atoms with Crippen molar-refractivity contribution in [1.29, 1.82) is 0 Å². The molecule has 7 nitrogen and oxygen atoms in total. The number of hydrogen-bond donors (Lipinski definition) is 3. The van der Waals surface area contributed by atoms with E-state index in [1.807, 2.05) is 24.4 Å². The number of benzene rings is 1. The predicted molar refractivity (Wildman–Crippen MR) is 94.1 cm³/mol. The third kappa shape index (κ3) is 2.56. The first-order valence-electron chi connectivity index (χ1n) is 7.72. The quantitative estimate of drug-likeness (QED) is 0.525. The van der Waals surface area contributed by atoms with Gasteiger partial charge in [-0.15, -0.1) is 0 Å². The maximum atomic E-state index is 6.17. The molecule has 0 aliphatic rings. The lowest BCUT2D eigenvalue weighted by Crippen LogP contribution is -2.12. The molecule has 0 bridgehead atoms. The van der Waals surface area contributed by atoms with Crippen molar-refractivity contribution in [1.82, 2.24) is 24.7 Å². The standard InChI is InChI=1S/C17H17N7/c18-15-16(21-11-22-17(15)24-9-3-7-23-24)19-8-6-12-10-20-14-5-2-1-4-13(12)14/h1-5,7,9-11,20H,6,8,18H2,(H,19,21,22). The number of H-pyrrole nitrogens is 1. The molecule has 3 heterocycles. The summed E-state index contributed by atoms with van der Waals surface area (Å²) in [6.07, 6.45) is 7.89. The molecule has 0 spiro atoms. The summed E-state index contributed by atoms with van der Waals surface area (Å²) in [5, 5.41) is 8.69. The number of nitrogens with zero attached hydrogens (tertiary/aromatic N) is 4. The number of hydrogen-bond acceptors (Lipinski definition) is 5. The minimum Gasteiger partial charge on any atom is -0.393 e. The van der Waals surface area contributed by atoms with Crippen molar-refractivity contribution in [2.45, 2.75) is 6.42 Å². The molecular weight excluding hydrogens is 302 g/mol. The second-order valence-electron chi connectivity index (χ2n) is 5.45. The molecule has 0 fully saturated rings. The molecule has 4 rings (SSSR count). The molecule has 1 aromatic carbocycles. The Balaban J connectivity index is 1.49. The lowest BCUT2D eigenvalue weighted by Gasteiger charge is -2.10. The van der Waals surface area contributed by atoms with Crippen molar-refractivity contribution in [2.75, 3.05) is 17.6 Å². The monoisotopic (exact) mass is 319 g/mol. The SMILES string of the molecule is Nc1c(NCCc2c[nH]c3ccccc23)ncnc1-n1cccn1. The molecule has 0 unspecified atom stereocenters. The molecule has 24 heavy (non-hydrogen) atoms. The summed E-state index contributed by atoms with van der Waals surface area (Å²) in [6.45, 7) is 0.724. The highest BCUT2D eigenvalue weighted by molar-refractivity contribution is 5.83. The first-order valence-corrected chi connectivity index (χ1v) is 7.72. The molecule has 4 N–H and O–H groups in total. The first-order chi connectivity index (χ1) is 11.8. The van der Waals surface area contributed by atoms with Crippen LogP contribution in [0.25, 0.3) is 16.7 Å². The van der Waals surface area contributed by atoms with Crippen LogP contribution in [0.3, 0.4) is 0 Å². The van der Waals surface area contributed by atoms with E-state index in [0.717, 1.165) is 18.5 Å². The van der Waals surface area contributed by atoms with Crippen molar-refractivity contribution in [3.05, 3.63) is 60.8 Å². The Labute approximate surface area is 138 Å². The van der Waals surface area contributed by atoms with Crippen molar-refractivity contribution >= 4 is 22.4 Å². The molecule has 0 atom stereocenters. The van der Waals surface area contributed by atoms with Crippen LogP contribution < -0.4 is 11.1 Å². The minimum atomic E-state index is 0.486. The summed E-state index contributed by atoms with van der Waals surface area (Å²) >= 11 is 0. The van der Waals surface area contributed by atoms with Crippen molar-refractivity contribution in [3.8, 4) is 5.82 Å². The zero-order valence-corrected chi connectivity index (χ0v) is 13.0. The second-order valence-corrected chi connectivity index (χ2v) is 5.45. The van der Waals surface area contributed by atoms with Crippen LogP contribution >= 0.6 is 0 Å². The van der Waals surface area contributed by atoms with Gasteiger partial charge in [0, 0.05) is 36.0 Å². The zero-order chi connectivity index (χ0) is 16.4. The number of fused-ring (bicyclic) bond motifs is 1. The third-order valence-electron chi connectivity index (χ3n) is 3.95. The minimum absolute atomic E-state index is 0.486. The molecule has 0 saturated carbocycles. The van der Waals surface area contributed by atoms with Gasteiger partial charge in [0.15, 0.2) is 11.6 Å². The fourth-order valence-electron chi connectivity index (χ4n) is 2.76. The molecule has 0 amide bonds. The number of nitrogens with one attached hydrogen (secondary N) is 2. The number of rotatable bonds is 5. The van der Waals surface area contributed by atoms with E-state index in [1.54, 1.807) is 17.1 Å². The summed E-state index contributed by atoms with van der Waals surface area (Å²) in [5.74, 6) is 1.19. The van der Waals surface area contributed by atoms with Crippen molar-refractivity contribution < 1.29 is 0 Å². The molecule has 0 saturated heterocycles. The van der Waals surface area contributed by atoms with Crippen LogP contribution in [-0.2, 0) is 6.42 Å². The highest BCUT2D eigenvalue weighted by Crippen LogP contribution is 2.22. The van der Waals surface area contributed by atoms with Gasteiger partial charge < -0.3 is 16.0 Å². The summed E-state index contributed by atoms with van der Waals surface area (Å²) in [6, 6.07) is 10.1. The van der Waals surface area contributed by atoms with Crippen LogP contribution in [0.15, 0.2) is 55.2 Å². The summed E-state index contributed by atoms with van der Waals surface area (Å²) < 4.78 is 1.63. The van der Waals surface area contributed by atoms with Crippen LogP contribution in [0.5, 0.6) is 0 Å². The Morgan fingerprint density at radius 2 is 2.08 bits per heavy atom. The molecule has 120 valence electrons. The van der Waals surface area contributed by atoms with E-state index >= 15 is 0 Å². The fraction of sp³-hybridized carbons (Fsp3) is 0.118. The van der Waals surface area contributed by atoms with Crippen LogP contribution in [0.4, 0.5) is 11.5 Å². The van der Waals surface area contributed by atoms with Gasteiger partial charge in [0.05, 0.1) is 0 Å². The average molecular weight is 319 g/mol. The van der Waals surface area contributed by atoms with Gasteiger partial charge >= 0.3 is 0 Å². The number of aromatic nitrogens is 5. The van der Waals surface area contributed by atoms with E-state index in [0.29, 0.717) is 17.3 Å². The molecule has 0 aliphatic carbocycles. The lowest BCUT2D eigenvalue weighted by molar-refractivity contribution is 0.842. The Hall–Kier alpha value is -3.35. The lowest BCUT2D eigenvalue weighted by atomic mass is 10.1. The number of nitrogens with two attached hydrogens (primary N) is 1. The van der Waals surface area contributed by atoms with Crippen LogP contribution in [0, 0.1) is 0 Å². The zero-order valence-electron chi connectivity index (χ0n) is 13.0. The average Bonchev–Trinajstić information content (AvgIpc) is 3.27. The van der Waals surface area contributed by atoms with E-state index < -0.39 is 0 Å². The molecule has 3 aromatic heterocycles. The van der Waals surface area contributed by atoms with E-state index in [-0.39, 0.29) is 0 Å². The Kier molecular flexibility index (Phi) is 3.59. The van der Waals surface area contributed by atoms with Crippen molar-refractivity contribution in [2.24, 2.45) is 0 Å². The Morgan fingerprint density at radius 3 is 2.96 bits per heavy atom. The van der Waals surface area contributed by atoms with Gasteiger partial charge in [0.2, 0.25) is 0 Å². The molecule has 0 radical (unpaired) electrons. The summed E-state index contributed by atoms with van der Waals surface area (Å²) in [7, 11) is 0. The van der Waals surface area contributed by atoms with Gasteiger partial charge in [-0.25, -0.2) is 14.6 Å². The molecule has 4 aromatic rings. The van der Waals surface area contributed by atoms with Gasteiger partial charge in [0.1, 0.15) is 12.0 Å². The fourth-order valence-corrected chi connectivity index (χ4v) is 2.76. The maximum absolute atomic E-state index is 6.17. The third-order valence-corrected chi connectivity index (χ3v) is 3.95. The summed E-state index contributed by atoms with van der Waals surface area (Å²) in [4.78, 5) is 11.7. The smallest absolute Gasteiger partial charge is 0.181 e. The largest absolute Gasteiger partial charge is 0.393 e. The predicted octanol–water partition coefficient (Wildman–Crippen LogP) is 2.38. The summed E-state index contributed by atoms with van der Waals surface area (Å²) in [5.41, 5.74) is 9.07. The van der Waals surface area contributed by atoms with Crippen molar-refractivity contribution in [3.63, 3.8) is 0 Å². The van der Waals surface area contributed by atoms with E-state index in [4.69, 9.17) is 5.73 Å². The van der Waals surface area contributed by atoms with Crippen LogP contribution in [0.2, 0.25) is 0 Å². The van der Waals surface area contributed by atoms with E-state index in [1.165, 1.54) is 17.3 Å². The second kappa shape index (κ2) is 6.04. The highest BCUT2D eigenvalue weighted by Gasteiger charge is 2.10. The number of anilines is 2. The molecule has 7 heteroatoms. The van der Waals surface area contributed by atoms with Crippen LogP contribution in [-0.4, -0.2) is 31.3 Å². The molecular formula is C17H17N7.